The second-order valence-corrected chi connectivity index (χ2v) is 11.8. The van der Waals surface area contributed by atoms with Crippen LogP contribution in [-0.2, 0) is 21.0 Å². The Morgan fingerprint density at radius 1 is 1.22 bits per heavy atom. The van der Waals surface area contributed by atoms with Crippen molar-refractivity contribution in [1.29, 1.82) is 0 Å². The highest BCUT2D eigenvalue weighted by Crippen LogP contribution is 2.37. The second-order valence-electron chi connectivity index (χ2n) is 9.98. The molecule has 1 amide bonds. The highest BCUT2D eigenvalue weighted by atomic mass is 32.2. The zero-order valence-corrected chi connectivity index (χ0v) is 21.6. The van der Waals surface area contributed by atoms with E-state index in [1.807, 2.05) is 0 Å². The van der Waals surface area contributed by atoms with Crippen molar-refractivity contribution in [3.63, 3.8) is 0 Å². The number of amidine groups is 1. The van der Waals surface area contributed by atoms with Gasteiger partial charge in [-0.05, 0) is 49.5 Å². The van der Waals surface area contributed by atoms with Gasteiger partial charge in [-0.25, -0.2) is 8.42 Å². The maximum absolute atomic E-state index is 13.7. The van der Waals surface area contributed by atoms with Crippen LogP contribution in [0.3, 0.4) is 0 Å². The van der Waals surface area contributed by atoms with Crippen LogP contribution in [0.5, 0.6) is 0 Å². The number of halogens is 3. The first-order valence-corrected chi connectivity index (χ1v) is 14.1. The number of nitrogens with one attached hydrogen (secondary N) is 1. The van der Waals surface area contributed by atoms with Crippen molar-refractivity contribution in [3.8, 4) is 0 Å². The molecule has 1 aromatic carbocycles. The molecule has 204 valence electrons. The summed E-state index contributed by atoms with van der Waals surface area (Å²) in [5, 5.41) is 12.8. The van der Waals surface area contributed by atoms with Crippen molar-refractivity contribution < 1.29 is 31.5 Å². The molecule has 1 saturated carbocycles. The number of aliphatic hydroxyl groups is 1. The second kappa shape index (κ2) is 10.7. The molecule has 2 heterocycles. The third-order valence-corrected chi connectivity index (χ3v) is 9.10. The lowest BCUT2D eigenvalue weighted by Gasteiger charge is -2.34. The molecule has 2 N–H and O–H groups in total. The van der Waals surface area contributed by atoms with Gasteiger partial charge < -0.3 is 15.3 Å². The largest absolute Gasteiger partial charge is 0.417 e. The maximum atomic E-state index is 13.7. The predicted molar refractivity (Wildman–Crippen MR) is 135 cm³/mol. The predicted octanol–water partition coefficient (Wildman–Crippen LogP) is 3.38. The first kappa shape index (κ1) is 27.6. The average Bonchev–Trinajstić information content (AvgIpc) is 3.18. The summed E-state index contributed by atoms with van der Waals surface area (Å²) in [4.78, 5) is 19.0. The Kier molecular flexibility index (Phi) is 8.01. The highest BCUT2D eigenvalue weighted by molar-refractivity contribution is 7.92. The Labute approximate surface area is 215 Å². The summed E-state index contributed by atoms with van der Waals surface area (Å²) in [6.45, 7) is 0.0440. The number of likely N-dealkylation sites (N-methyl/N-ethyl adjacent to an activating group) is 1. The van der Waals surface area contributed by atoms with Crippen LogP contribution in [0.25, 0.3) is 6.08 Å². The number of benzene rings is 1. The quantitative estimate of drug-likeness (QED) is 0.550. The lowest BCUT2D eigenvalue weighted by atomic mass is 9.88. The Morgan fingerprint density at radius 2 is 1.89 bits per heavy atom. The molecular weight excluding hydrogens is 509 g/mol. The van der Waals surface area contributed by atoms with E-state index in [2.05, 4.69) is 5.32 Å². The first-order chi connectivity index (χ1) is 17.4. The van der Waals surface area contributed by atoms with E-state index in [0.29, 0.717) is 5.84 Å². The molecule has 4 rings (SSSR count). The normalized spacial score (nSPS) is 21.4. The number of aliphatic imine (C=N–C) groups is 1. The third-order valence-electron chi connectivity index (χ3n) is 7.54. The molecular formula is C25H33F3N4O4S. The maximum Gasteiger partial charge on any atom is 0.417 e. The van der Waals surface area contributed by atoms with Crippen LogP contribution in [0.1, 0.15) is 56.1 Å². The zero-order chi connectivity index (χ0) is 26.8. The van der Waals surface area contributed by atoms with E-state index < -0.39 is 27.3 Å². The number of piperidine rings is 1. The summed E-state index contributed by atoms with van der Waals surface area (Å²) in [5.41, 5.74) is -1.96. The summed E-state index contributed by atoms with van der Waals surface area (Å²) in [6, 6.07) is 3.60. The molecule has 12 heteroatoms. The summed E-state index contributed by atoms with van der Waals surface area (Å²) in [7, 11) is -2.46. The number of carbonyl (C=O) groups is 1. The molecule has 0 aromatic heterocycles. The molecule has 2 aliphatic heterocycles. The van der Waals surface area contributed by atoms with E-state index in [1.165, 1.54) is 27.8 Å². The van der Waals surface area contributed by atoms with Crippen LogP contribution in [0.2, 0.25) is 0 Å². The lowest BCUT2D eigenvalue weighted by Crippen LogP contribution is -2.50. The summed E-state index contributed by atoms with van der Waals surface area (Å²) in [5.74, 6) is 0.759. The van der Waals surface area contributed by atoms with Gasteiger partial charge >= 0.3 is 6.18 Å². The molecule has 1 saturated heterocycles. The Bertz CT molecular complexity index is 1170. The van der Waals surface area contributed by atoms with Gasteiger partial charge in [0.25, 0.3) is 5.91 Å². The van der Waals surface area contributed by atoms with Crippen molar-refractivity contribution >= 4 is 33.5 Å². The summed E-state index contributed by atoms with van der Waals surface area (Å²) in [6.07, 6.45) is 2.06. The molecule has 0 unspecified atom stereocenters. The number of rotatable bonds is 7. The lowest BCUT2D eigenvalue weighted by molar-refractivity contribution is -0.137. The number of sulfonamides is 1. The highest BCUT2D eigenvalue weighted by Gasteiger charge is 2.48. The minimum atomic E-state index is -4.69. The van der Waals surface area contributed by atoms with Crippen LogP contribution in [-0.4, -0.2) is 68.4 Å². The first-order valence-electron chi connectivity index (χ1n) is 12.6. The van der Waals surface area contributed by atoms with Gasteiger partial charge in [0.1, 0.15) is 11.4 Å². The molecule has 2 fully saturated rings. The van der Waals surface area contributed by atoms with Gasteiger partial charge in [-0.15, -0.1) is 0 Å². The number of amides is 1. The average molecular weight is 543 g/mol. The van der Waals surface area contributed by atoms with Crippen LogP contribution in [0.15, 0.2) is 28.6 Å². The number of carbonyl (C=O) groups excluding carboxylic acids is 1. The molecule has 0 bridgehead atoms. The van der Waals surface area contributed by atoms with Gasteiger partial charge in [0.15, 0.2) is 0 Å². The Morgan fingerprint density at radius 3 is 2.51 bits per heavy atom. The van der Waals surface area contributed by atoms with Gasteiger partial charge in [0.05, 0.1) is 12.2 Å². The standard InChI is InChI=1S/C25H33F3N4O4S/c1-31(14-15-33)20-8-7-18(21(17-20)25(26,27)28)9-16-37(35,36)32-12-10-24(11-13-32)23(34)29-22(30-24)19-5-3-2-4-6-19/h7-9,16-17,19,33H,2-6,10-15H2,1H3,(H,29,30,34). The smallest absolute Gasteiger partial charge is 0.395 e. The SMILES string of the molecule is CN(CCO)c1ccc(C=CS(=O)(=O)N2CCC3(CC2)N=C(C2CCCCC2)NC3=O)c(C(F)(F)F)c1. The fourth-order valence-electron chi connectivity index (χ4n) is 5.26. The molecule has 1 aliphatic carbocycles. The van der Waals surface area contributed by atoms with Crippen LogP contribution in [0, 0.1) is 5.92 Å². The van der Waals surface area contributed by atoms with Gasteiger partial charge in [-0.1, -0.05) is 25.3 Å². The monoisotopic (exact) mass is 542 g/mol. The molecule has 0 radical (unpaired) electrons. The number of hydrogen-bond acceptors (Lipinski definition) is 6. The summed E-state index contributed by atoms with van der Waals surface area (Å²) < 4.78 is 68.2. The number of aliphatic hydroxyl groups excluding tert-OH is 1. The van der Waals surface area contributed by atoms with Crippen LogP contribution in [0.4, 0.5) is 18.9 Å². The van der Waals surface area contributed by atoms with Gasteiger partial charge in [0.2, 0.25) is 10.0 Å². The van der Waals surface area contributed by atoms with E-state index in [9.17, 15) is 26.4 Å². The van der Waals surface area contributed by atoms with E-state index in [-0.39, 0.29) is 62.2 Å². The Hall–Kier alpha value is -2.44. The van der Waals surface area contributed by atoms with Gasteiger partial charge in [0, 0.05) is 43.7 Å². The zero-order valence-electron chi connectivity index (χ0n) is 20.8. The molecule has 37 heavy (non-hydrogen) atoms. The van der Waals surface area contributed by atoms with Crippen LogP contribution >= 0.6 is 0 Å². The number of anilines is 1. The van der Waals surface area contributed by atoms with E-state index in [0.717, 1.165) is 43.2 Å². The van der Waals surface area contributed by atoms with Gasteiger partial charge in [-0.3, -0.25) is 9.79 Å². The van der Waals surface area contributed by atoms with Crippen molar-refractivity contribution in [2.24, 2.45) is 10.9 Å². The van der Waals surface area contributed by atoms with Crippen molar-refractivity contribution in [2.45, 2.75) is 56.7 Å². The summed E-state index contributed by atoms with van der Waals surface area (Å²) >= 11 is 0. The van der Waals surface area contributed by atoms with E-state index in [4.69, 9.17) is 10.1 Å². The number of hydrogen-bond donors (Lipinski definition) is 2. The molecule has 3 aliphatic rings. The fourth-order valence-corrected chi connectivity index (χ4v) is 6.44. The fraction of sp³-hybridized carbons (Fsp3) is 0.600. The number of alkyl halides is 3. The number of nitrogens with zero attached hydrogens (tertiary/aromatic N) is 3. The van der Waals surface area contributed by atoms with Gasteiger partial charge in [-0.2, -0.15) is 17.5 Å². The minimum absolute atomic E-state index is 0.0541. The minimum Gasteiger partial charge on any atom is -0.395 e. The third kappa shape index (κ3) is 6.01. The van der Waals surface area contributed by atoms with E-state index >= 15 is 0 Å². The molecule has 1 aromatic rings. The molecule has 8 nitrogen and oxygen atoms in total. The van der Waals surface area contributed by atoms with Crippen molar-refractivity contribution in [3.05, 3.63) is 34.7 Å². The Balaban J connectivity index is 1.47. The molecule has 0 atom stereocenters. The van der Waals surface area contributed by atoms with Crippen LogP contribution < -0.4 is 10.2 Å². The van der Waals surface area contributed by atoms with E-state index in [1.54, 1.807) is 7.05 Å². The topological polar surface area (TPSA) is 102 Å². The van der Waals surface area contributed by atoms with Crippen molar-refractivity contribution in [1.82, 2.24) is 9.62 Å². The van der Waals surface area contributed by atoms with Crippen molar-refractivity contribution in [2.75, 3.05) is 38.2 Å². The molecule has 1 spiro atoms.